The summed E-state index contributed by atoms with van der Waals surface area (Å²) in [5, 5.41) is 0. The second-order valence-corrected chi connectivity index (χ2v) is 6.36. The summed E-state index contributed by atoms with van der Waals surface area (Å²) < 4.78 is 5.77. The van der Waals surface area contributed by atoms with Crippen molar-refractivity contribution in [3.05, 3.63) is 29.8 Å². The number of hydrogen-bond donors (Lipinski definition) is 1. The fraction of sp³-hybridized carbons (Fsp3) is 0.562. The molecule has 1 aromatic rings. The molecule has 20 heavy (non-hydrogen) atoms. The molecule has 2 unspecified atom stereocenters. The lowest BCUT2D eigenvalue weighted by atomic mass is 10.1. The molecule has 0 aromatic heterocycles. The van der Waals surface area contributed by atoms with E-state index >= 15 is 0 Å². The van der Waals surface area contributed by atoms with E-state index in [2.05, 4.69) is 4.90 Å². The predicted octanol–water partition coefficient (Wildman–Crippen LogP) is 2.57. The fourth-order valence-electron chi connectivity index (χ4n) is 3.47. The van der Waals surface area contributed by atoms with Crippen LogP contribution in [-0.4, -0.2) is 35.6 Å². The van der Waals surface area contributed by atoms with Crippen molar-refractivity contribution in [2.45, 2.75) is 31.7 Å². The van der Waals surface area contributed by atoms with Crippen LogP contribution in [0.3, 0.4) is 0 Å². The molecule has 4 heteroatoms. The summed E-state index contributed by atoms with van der Waals surface area (Å²) in [6.45, 7) is 3.26. The second kappa shape index (κ2) is 6.10. The Morgan fingerprint density at radius 2 is 2.10 bits per heavy atom. The summed E-state index contributed by atoms with van der Waals surface area (Å²) in [5.41, 5.74) is 6.46. The van der Waals surface area contributed by atoms with Gasteiger partial charge in [0.15, 0.2) is 0 Å². The molecule has 1 heterocycles. The van der Waals surface area contributed by atoms with Gasteiger partial charge in [-0.2, -0.15) is 0 Å². The minimum atomic E-state index is 0.431. The van der Waals surface area contributed by atoms with Gasteiger partial charge in [-0.15, -0.1) is 0 Å². The van der Waals surface area contributed by atoms with E-state index in [0.29, 0.717) is 4.99 Å². The Morgan fingerprint density at radius 3 is 2.70 bits per heavy atom. The van der Waals surface area contributed by atoms with Crippen molar-refractivity contribution < 1.29 is 4.74 Å². The molecule has 1 saturated heterocycles. The molecule has 1 aromatic carbocycles. The average molecular weight is 290 g/mol. The number of hydrogen-bond acceptors (Lipinski definition) is 3. The van der Waals surface area contributed by atoms with E-state index in [9.17, 15) is 0 Å². The van der Waals surface area contributed by atoms with E-state index in [-0.39, 0.29) is 0 Å². The Bertz CT molecular complexity index is 474. The molecule has 1 aliphatic carbocycles. The van der Waals surface area contributed by atoms with Crippen LogP contribution in [0.2, 0.25) is 0 Å². The molecular weight excluding hydrogens is 268 g/mol. The van der Waals surface area contributed by atoms with Crippen molar-refractivity contribution >= 4 is 17.2 Å². The Balaban J connectivity index is 1.38. The summed E-state index contributed by atoms with van der Waals surface area (Å²) in [5.74, 6) is 1.88. The number of thiocarbonyl (C=S) groups is 1. The van der Waals surface area contributed by atoms with Crippen molar-refractivity contribution in [1.82, 2.24) is 4.90 Å². The lowest BCUT2D eigenvalue weighted by Crippen LogP contribution is -2.33. The van der Waals surface area contributed by atoms with Crippen molar-refractivity contribution in [3.8, 4) is 5.75 Å². The van der Waals surface area contributed by atoms with Gasteiger partial charge in [0.05, 0.1) is 6.61 Å². The summed E-state index contributed by atoms with van der Waals surface area (Å²) in [6, 6.07) is 8.57. The number of nitrogens with zero attached hydrogens (tertiary/aromatic N) is 1. The molecule has 3 nitrogen and oxygen atoms in total. The normalized spacial score (nSPS) is 25.0. The zero-order valence-electron chi connectivity index (χ0n) is 11.8. The van der Waals surface area contributed by atoms with Gasteiger partial charge >= 0.3 is 0 Å². The molecule has 0 radical (unpaired) electrons. The van der Waals surface area contributed by atoms with Crippen LogP contribution in [0.4, 0.5) is 0 Å². The minimum Gasteiger partial charge on any atom is -0.494 e. The number of fused-ring (bicyclic) bond motifs is 2. The summed E-state index contributed by atoms with van der Waals surface area (Å²) >= 11 is 4.93. The number of ether oxygens (including phenoxy) is 1. The number of benzene rings is 1. The summed E-state index contributed by atoms with van der Waals surface area (Å²) in [4.78, 5) is 3.08. The second-order valence-electron chi connectivity index (χ2n) is 5.92. The third-order valence-electron chi connectivity index (χ3n) is 4.52. The van der Waals surface area contributed by atoms with Gasteiger partial charge in [0.2, 0.25) is 0 Å². The maximum Gasteiger partial charge on any atom is 0.119 e. The Kier molecular flexibility index (Phi) is 4.22. The molecule has 1 saturated carbocycles. The molecule has 2 bridgehead atoms. The average Bonchev–Trinajstić information content (AvgIpc) is 3.06. The van der Waals surface area contributed by atoms with E-state index in [1.165, 1.54) is 32.4 Å². The van der Waals surface area contributed by atoms with Gasteiger partial charge in [0.25, 0.3) is 0 Å². The highest BCUT2D eigenvalue weighted by molar-refractivity contribution is 7.80. The third-order valence-corrected chi connectivity index (χ3v) is 4.76. The van der Waals surface area contributed by atoms with Gasteiger partial charge in [-0.3, -0.25) is 4.90 Å². The van der Waals surface area contributed by atoms with E-state index in [1.54, 1.807) is 0 Å². The molecular formula is C16H22N2OS. The number of likely N-dealkylation sites (tertiary alicyclic amines) is 1. The zero-order chi connectivity index (χ0) is 13.9. The van der Waals surface area contributed by atoms with Gasteiger partial charge in [-0.05, 0) is 55.9 Å². The Hall–Kier alpha value is -1.13. The first-order valence-corrected chi connectivity index (χ1v) is 7.90. The van der Waals surface area contributed by atoms with E-state index in [1.807, 2.05) is 24.3 Å². The molecule has 1 aliphatic heterocycles. The van der Waals surface area contributed by atoms with Gasteiger partial charge in [0, 0.05) is 24.7 Å². The molecule has 2 N–H and O–H groups in total. The fourth-order valence-corrected chi connectivity index (χ4v) is 3.61. The standard InChI is InChI=1S/C16H22N2OS/c17-16(20)13-3-6-15(7-4-13)19-9-1-8-18-11-12-2-5-14(18)10-12/h3-4,6-7,12,14H,1-2,5,8-11H2,(H2,17,20). The number of piperidine rings is 1. The van der Waals surface area contributed by atoms with Crippen LogP contribution >= 0.6 is 12.2 Å². The summed E-state index contributed by atoms with van der Waals surface area (Å²) in [7, 11) is 0. The van der Waals surface area contributed by atoms with Crippen molar-refractivity contribution in [1.29, 1.82) is 0 Å². The highest BCUT2D eigenvalue weighted by atomic mass is 32.1. The monoisotopic (exact) mass is 290 g/mol. The lowest BCUT2D eigenvalue weighted by Gasteiger charge is -2.26. The van der Waals surface area contributed by atoms with Crippen LogP contribution in [-0.2, 0) is 0 Å². The topological polar surface area (TPSA) is 38.5 Å². The largest absolute Gasteiger partial charge is 0.494 e. The quantitative estimate of drug-likeness (QED) is 0.645. The van der Waals surface area contributed by atoms with Crippen LogP contribution in [0.1, 0.15) is 31.2 Å². The Labute approximate surface area is 126 Å². The molecule has 2 atom stereocenters. The maximum atomic E-state index is 5.77. The first-order chi connectivity index (χ1) is 9.72. The molecule has 0 spiro atoms. The first-order valence-electron chi connectivity index (χ1n) is 7.49. The number of rotatable bonds is 6. The molecule has 3 rings (SSSR count). The Morgan fingerprint density at radius 1 is 1.30 bits per heavy atom. The molecule has 2 aliphatic rings. The highest BCUT2D eigenvalue weighted by Crippen LogP contribution is 2.37. The van der Waals surface area contributed by atoms with E-state index < -0.39 is 0 Å². The van der Waals surface area contributed by atoms with Gasteiger partial charge < -0.3 is 10.5 Å². The van der Waals surface area contributed by atoms with Gasteiger partial charge in [-0.25, -0.2) is 0 Å². The van der Waals surface area contributed by atoms with Gasteiger partial charge in [-0.1, -0.05) is 12.2 Å². The molecule has 108 valence electrons. The lowest BCUT2D eigenvalue weighted by molar-refractivity contribution is 0.192. The van der Waals surface area contributed by atoms with Crippen LogP contribution < -0.4 is 10.5 Å². The van der Waals surface area contributed by atoms with E-state index in [0.717, 1.165) is 36.3 Å². The predicted molar refractivity (Wildman–Crippen MR) is 85.1 cm³/mol. The minimum absolute atomic E-state index is 0.431. The SMILES string of the molecule is NC(=S)c1ccc(OCCCN2CC3CCC2C3)cc1. The molecule has 0 amide bonds. The van der Waals surface area contributed by atoms with Crippen molar-refractivity contribution in [3.63, 3.8) is 0 Å². The third kappa shape index (κ3) is 3.13. The maximum absolute atomic E-state index is 5.77. The van der Waals surface area contributed by atoms with Crippen LogP contribution in [0.5, 0.6) is 5.75 Å². The smallest absolute Gasteiger partial charge is 0.119 e. The van der Waals surface area contributed by atoms with Crippen LogP contribution in [0.25, 0.3) is 0 Å². The van der Waals surface area contributed by atoms with E-state index in [4.69, 9.17) is 22.7 Å². The highest BCUT2D eigenvalue weighted by Gasteiger charge is 2.36. The van der Waals surface area contributed by atoms with Gasteiger partial charge in [0.1, 0.15) is 10.7 Å². The summed E-state index contributed by atoms with van der Waals surface area (Å²) in [6.07, 6.45) is 5.39. The van der Waals surface area contributed by atoms with Crippen molar-refractivity contribution in [2.75, 3.05) is 19.7 Å². The van der Waals surface area contributed by atoms with Crippen LogP contribution in [0.15, 0.2) is 24.3 Å². The first kappa shape index (κ1) is 13.8. The van der Waals surface area contributed by atoms with Crippen LogP contribution in [0, 0.1) is 5.92 Å². The zero-order valence-corrected chi connectivity index (χ0v) is 12.6. The molecule has 2 fully saturated rings. The number of nitrogens with two attached hydrogens (primary N) is 1. The van der Waals surface area contributed by atoms with Crippen molar-refractivity contribution in [2.24, 2.45) is 11.7 Å².